The van der Waals surface area contributed by atoms with Crippen LogP contribution in [-0.4, -0.2) is 41.8 Å². The standard InChI is InChI=1S/C28H32N2O5/c1-5-6-15-23(26(33)30-24(16-25(31)32)28(2,3)4)29-27(34)35-17-22-20-13-9-7-11-18(20)19-12-8-10-14-21(19)22/h7-14,22-24H,15-17H2,1-4H3,(H,29,34)(H,30,33)(H,31,32). The second-order valence-corrected chi connectivity index (χ2v) is 9.68. The fourth-order valence-electron chi connectivity index (χ4n) is 4.22. The van der Waals surface area contributed by atoms with Gasteiger partial charge >= 0.3 is 12.1 Å². The molecular weight excluding hydrogens is 444 g/mol. The number of alkyl carbamates (subject to hydrolysis) is 1. The summed E-state index contributed by atoms with van der Waals surface area (Å²) in [6.07, 6.45) is -0.876. The number of fused-ring (bicyclic) bond motifs is 3. The fourth-order valence-corrected chi connectivity index (χ4v) is 4.22. The zero-order chi connectivity index (χ0) is 25.6. The molecule has 0 spiro atoms. The molecule has 0 saturated carbocycles. The van der Waals surface area contributed by atoms with Gasteiger partial charge < -0.3 is 20.5 Å². The number of rotatable bonds is 8. The van der Waals surface area contributed by atoms with Crippen molar-refractivity contribution in [3.05, 3.63) is 59.7 Å². The Kier molecular flexibility index (Phi) is 8.18. The molecule has 3 rings (SSSR count). The van der Waals surface area contributed by atoms with Gasteiger partial charge in [0.1, 0.15) is 12.6 Å². The van der Waals surface area contributed by atoms with E-state index >= 15 is 0 Å². The van der Waals surface area contributed by atoms with Crippen LogP contribution < -0.4 is 10.6 Å². The fraction of sp³-hybridized carbons (Fsp3) is 0.393. The number of ether oxygens (including phenoxy) is 1. The predicted molar refractivity (Wildman–Crippen MR) is 134 cm³/mol. The highest BCUT2D eigenvalue weighted by Gasteiger charge is 2.32. The molecule has 3 N–H and O–H groups in total. The Morgan fingerprint density at radius 2 is 1.57 bits per heavy atom. The molecule has 0 heterocycles. The van der Waals surface area contributed by atoms with Gasteiger partial charge in [-0.1, -0.05) is 69.3 Å². The Labute approximate surface area is 206 Å². The van der Waals surface area contributed by atoms with Gasteiger partial charge in [-0.3, -0.25) is 9.59 Å². The number of carboxylic acids is 1. The van der Waals surface area contributed by atoms with Crippen LogP contribution in [0.3, 0.4) is 0 Å². The highest BCUT2D eigenvalue weighted by Crippen LogP contribution is 2.44. The van der Waals surface area contributed by atoms with E-state index in [1.54, 1.807) is 6.92 Å². The minimum absolute atomic E-state index is 0.0798. The third kappa shape index (κ3) is 6.42. The molecule has 7 heteroatoms. The van der Waals surface area contributed by atoms with E-state index in [9.17, 15) is 19.5 Å². The van der Waals surface area contributed by atoms with E-state index in [0.717, 1.165) is 22.3 Å². The van der Waals surface area contributed by atoms with Gasteiger partial charge in [0, 0.05) is 18.4 Å². The molecule has 0 aromatic heterocycles. The average molecular weight is 477 g/mol. The number of carbonyl (C=O) groups excluding carboxylic acids is 2. The molecule has 0 saturated heterocycles. The van der Waals surface area contributed by atoms with Crippen molar-refractivity contribution in [1.82, 2.24) is 10.6 Å². The van der Waals surface area contributed by atoms with Crippen LogP contribution in [0.5, 0.6) is 0 Å². The minimum Gasteiger partial charge on any atom is -0.481 e. The quantitative estimate of drug-likeness (QED) is 0.493. The van der Waals surface area contributed by atoms with Crippen molar-refractivity contribution >= 4 is 18.0 Å². The zero-order valence-corrected chi connectivity index (χ0v) is 20.6. The van der Waals surface area contributed by atoms with Crippen molar-refractivity contribution in [1.29, 1.82) is 0 Å². The predicted octanol–water partition coefficient (Wildman–Crippen LogP) is 4.31. The summed E-state index contributed by atoms with van der Waals surface area (Å²) in [5.74, 6) is 3.93. The van der Waals surface area contributed by atoms with Crippen LogP contribution in [0.1, 0.15) is 57.6 Å². The summed E-state index contributed by atoms with van der Waals surface area (Å²) in [7, 11) is 0. The van der Waals surface area contributed by atoms with Crippen LogP contribution in [0, 0.1) is 17.3 Å². The van der Waals surface area contributed by atoms with Crippen LogP contribution in [0.4, 0.5) is 4.79 Å². The Morgan fingerprint density at radius 3 is 2.09 bits per heavy atom. The Hall–Kier alpha value is -3.79. The summed E-state index contributed by atoms with van der Waals surface area (Å²) in [6, 6.07) is 14.5. The molecule has 7 nitrogen and oxygen atoms in total. The second kappa shape index (κ2) is 11.1. The van der Waals surface area contributed by atoms with Crippen molar-refractivity contribution in [3.8, 4) is 23.0 Å². The lowest BCUT2D eigenvalue weighted by atomic mass is 9.84. The van der Waals surface area contributed by atoms with E-state index < -0.39 is 35.5 Å². The number of benzene rings is 2. The van der Waals surface area contributed by atoms with Crippen LogP contribution in [0.25, 0.3) is 11.1 Å². The monoisotopic (exact) mass is 476 g/mol. The van der Waals surface area contributed by atoms with Crippen molar-refractivity contribution in [3.63, 3.8) is 0 Å². The molecule has 2 aromatic carbocycles. The number of hydrogen-bond acceptors (Lipinski definition) is 4. The van der Waals surface area contributed by atoms with Crippen LogP contribution >= 0.6 is 0 Å². The normalized spacial score (nSPS) is 13.9. The summed E-state index contributed by atoms with van der Waals surface area (Å²) in [6.45, 7) is 7.31. The van der Waals surface area contributed by atoms with Crippen LogP contribution in [-0.2, 0) is 14.3 Å². The Bertz CT molecular complexity index is 1110. The average Bonchev–Trinajstić information content (AvgIpc) is 3.12. The molecule has 2 atom stereocenters. The maximum Gasteiger partial charge on any atom is 0.407 e. The van der Waals surface area contributed by atoms with Crippen molar-refractivity contribution < 1.29 is 24.2 Å². The highest BCUT2D eigenvalue weighted by atomic mass is 16.5. The van der Waals surface area contributed by atoms with Gasteiger partial charge in [0.2, 0.25) is 5.91 Å². The topological polar surface area (TPSA) is 105 Å². The number of carboxylic acid groups (broad SMARTS) is 1. The van der Waals surface area contributed by atoms with E-state index in [1.807, 2.05) is 57.2 Å². The van der Waals surface area contributed by atoms with Crippen LogP contribution in [0.2, 0.25) is 0 Å². The number of carbonyl (C=O) groups is 3. The zero-order valence-electron chi connectivity index (χ0n) is 20.6. The number of hydrogen-bond donors (Lipinski definition) is 3. The van der Waals surface area contributed by atoms with E-state index in [2.05, 4.69) is 34.6 Å². The summed E-state index contributed by atoms with van der Waals surface area (Å²) in [5, 5.41) is 14.6. The first-order valence-corrected chi connectivity index (χ1v) is 11.6. The first kappa shape index (κ1) is 25.8. The summed E-state index contributed by atoms with van der Waals surface area (Å²) in [5.41, 5.74) is 3.95. The van der Waals surface area contributed by atoms with Gasteiger partial charge in [0.05, 0.1) is 6.42 Å². The van der Waals surface area contributed by atoms with E-state index in [0.29, 0.717) is 0 Å². The SMILES string of the molecule is CC#CCC(NC(=O)OCC1c2ccccc2-c2ccccc21)C(=O)NC(CC(=O)O)C(C)(C)C. The molecule has 0 radical (unpaired) electrons. The molecule has 0 bridgehead atoms. The molecule has 2 unspecified atom stereocenters. The van der Waals surface area contributed by atoms with Gasteiger partial charge in [0.15, 0.2) is 0 Å². The van der Waals surface area contributed by atoms with Gasteiger partial charge in [-0.15, -0.1) is 11.8 Å². The minimum atomic E-state index is -1.01. The lowest BCUT2D eigenvalue weighted by molar-refractivity contribution is -0.138. The van der Waals surface area contributed by atoms with Crippen molar-refractivity contribution in [2.45, 2.75) is 58.5 Å². The number of aliphatic carboxylic acids is 1. The van der Waals surface area contributed by atoms with Crippen molar-refractivity contribution in [2.75, 3.05) is 6.61 Å². The second-order valence-electron chi connectivity index (χ2n) is 9.68. The number of amides is 2. The summed E-state index contributed by atoms with van der Waals surface area (Å²) < 4.78 is 5.56. The molecule has 1 aliphatic carbocycles. The maximum atomic E-state index is 13.0. The van der Waals surface area contributed by atoms with Crippen molar-refractivity contribution in [2.24, 2.45) is 5.41 Å². The number of nitrogens with one attached hydrogen (secondary N) is 2. The maximum absolute atomic E-state index is 13.0. The van der Waals surface area contributed by atoms with Gasteiger partial charge in [-0.05, 0) is 34.6 Å². The lowest BCUT2D eigenvalue weighted by Crippen LogP contribution is -2.53. The molecule has 2 aromatic rings. The Balaban J connectivity index is 1.68. The molecule has 0 fully saturated rings. The molecular formula is C28H32N2O5. The van der Waals surface area contributed by atoms with Gasteiger partial charge in [-0.25, -0.2) is 4.79 Å². The first-order chi connectivity index (χ1) is 16.6. The molecule has 2 amide bonds. The van der Waals surface area contributed by atoms with E-state index in [4.69, 9.17) is 4.74 Å². The lowest BCUT2D eigenvalue weighted by Gasteiger charge is -2.31. The van der Waals surface area contributed by atoms with E-state index in [-0.39, 0.29) is 25.4 Å². The van der Waals surface area contributed by atoms with Crippen LogP contribution in [0.15, 0.2) is 48.5 Å². The van der Waals surface area contributed by atoms with Gasteiger partial charge in [0.25, 0.3) is 0 Å². The summed E-state index contributed by atoms with van der Waals surface area (Å²) >= 11 is 0. The highest BCUT2D eigenvalue weighted by molar-refractivity contribution is 5.86. The molecule has 35 heavy (non-hydrogen) atoms. The first-order valence-electron chi connectivity index (χ1n) is 11.6. The molecule has 1 aliphatic rings. The largest absolute Gasteiger partial charge is 0.481 e. The smallest absolute Gasteiger partial charge is 0.407 e. The third-order valence-electron chi connectivity index (χ3n) is 6.18. The Morgan fingerprint density at radius 1 is 1.00 bits per heavy atom. The summed E-state index contributed by atoms with van der Waals surface area (Å²) in [4.78, 5) is 37.0. The third-order valence-corrected chi connectivity index (χ3v) is 6.18. The van der Waals surface area contributed by atoms with E-state index in [1.165, 1.54) is 0 Å². The molecule has 184 valence electrons. The molecule has 0 aliphatic heterocycles. The van der Waals surface area contributed by atoms with Gasteiger partial charge in [-0.2, -0.15) is 0 Å².